The third-order valence-electron chi connectivity index (χ3n) is 5.52. The minimum atomic E-state index is -3.97. The fourth-order valence-electron chi connectivity index (χ4n) is 3.69. The van der Waals surface area contributed by atoms with Gasteiger partial charge < -0.3 is 14.8 Å². The summed E-state index contributed by atoms with van der Waals surface area (Å²) < 4.78 is 38.5. The smallest absolute Gasteiger partial charge is 0.343 e. The third kappa shape index (κ3) is 4.95. The van der Waals surface area contributed by atoms with E-state index in [2.05, 4.69) is 5.32 Å². The van der Waals surface area contributed by atoms with Crippen molar-refractivity contribution in [2.75, 3.05) is 19.5 Å². The molecule has 0 saturated heterocycles. The summed E-state index contributed by atoms with van der Waals surface area (Å²) in [5.41, 5.74) is 2.45. The number of esters is 1. The molecule has 9 heteroatoms. The number of rotatable bonds is 7. The van der Waals surface area contributed by atoms with Gasteiger partial charge >= 0.3 is 5.97 Å². The zero-order valence-corrected chi connectivity index (χ0v) is 19.6. The van der Waals surface area contributed by atoms with E-state index in [9.17, 15) is 18.0 Å². The standard InChI is InChI=1S/C25H24N2O6S/c1-27(16-17-6-4-3-5-7-17)34(30,31)23-15-19(8-12-22(23)32-2)25(29)33-20-10-11-21-18(14-20)9-13-24(28)26-21/h3-8,10-12,14-15H,9,13,16H2,1-2H3,(H,26,28). The number of nitrogens with zero attached hydrogens (tertiary/aromatic N) is 1. The first-order valence-corrected chi connectivity index (χ1v) is 12.0. The number of fused-ring (bicyclic) bond motifs is 1. The van der Waals surface area contributed by atoms with E-state index >= 15 is 0 Å². The minimum absolute atomic E-state index is 0.0542. The Morgan fingerprint density at radius 3 is 2.53 bits per heavy atom. The predicted octanol–water partition coefficient (Wildman–Crippen LogP) is 3.62. The molecule has 3 aromatic rings. The summed E-state index contributed by atoms with van der Waals surface area (Å²) in [5, 5.41) is 2.77. The fourth-order valence-corrected chi connectivity index (χ4v) is 5.02. The van der Waals surface area contributed by atoms with Crippen LogP contribution < -0.4 is 14.8 Å². The minimum Gasteiger partial charge on any atom is -0.495 e. The molecular weight excluding hydrogens is 456 g/mol. The highest BCUT2D eigenvalue weighted by molar-refractivity contribution is 7.89. The van der Waals surface area contributed by atoms with Crippen molar-refractivity contribution in [3.8, 4) is 11.5 Å². The second-order valence-electron chi connectivity index (χ2n) is 7.87. The molecule has 1 aliphatic heterocycles. The highest BCUT2D eigenvalue weighted by atomic mass is 32.2. The summed E-state index contributed by atoms with van der Waals surface area (Å²) in [6.45, 7) is 0.159. The van der Waals surface area contributed by atoms with Gasteiger partial charge in [0, 0.05) is 25.7 Å². The van der Waals surface area contributed by atoms with Crippen LogP contribution in [0, 0.1) is 0 Å². The number of amides is 1. The summed E-state index contributed by atoms with van der Waals surface area (Å²) in [5.74, 6) is -0.326. The number of hydrogen-bond donors (Lipinski definition) is 1. The van der Waals surface area contributed by atoms with Crippen molar-refractivity contribution >= 4 is 27.6 Å². The molecular formula is C25H24N2O6S. The van der Waals surface area contributed by atoms with Gasteiger partial charge in [-0.25, -0.2) is 13.2 Å². The van der Waals surface area contributed by atoms with Gasteiger partial charge in [0.05, 0.1) is 12.7 Å². The van der Waals surface area contributed by atoms with Crippen molar-refractivity contribution in [2.24, 2.45) is 0 Å². The van der Waals surface area contributed by atoms with E-state index in [1.165, 1.54) is 36.7 Å². The lowest BCUT2D eigenvalue weighted by Gasteiger charge is -2.19. The fraction of sp³-hybridized carbons (Fsp3) is 0.200. The monoisotopic (exact) mass is 480 g/mol. The highest BCUT2D eigenvalue weighted by Gasteiger charge is 2.27. The predicted molar refractivity (Wildman–Crippen MR) is 126 cm³/mol. The SMILES string of the molecule is COc1ccc(C(=O)Oc2ccc3c(c2)CCC(=O)N3)cc1S(=O)(=O)N(C)Cc1ccccc1. The van der Waals surface area contributed by atoms with Crippen LogP contribution in [0.4, 0.5) is 5.69 Å². The second-order valence-corrected chi connectivity index (χ2v) is 9.88. The van der Waals surface area contributed by atoms with E-state index in [0.29, 0.717) is 24.3 Å². The Bertz CT molecular complexity index is 1340. The van der Waals surface area contributed by atoms with Crippen LogP contribution >= 0.6 is 0 Å². The number of methoxy groups -OCH3 is 1. The molecule has 176 valence electrons. The molecule has 1 amide bonds. The molecule has 1 N–H and O–H groups in total. The van der Waals surface area contributed by atoms with Crippen molar-refractivity contribution < 1.29 is 27.5 Å². The lowest BCUT2D eigenvalue weighted by molar-refractivity contribution is -0.116. The van der Waals surface area contributed by atoms with E-state index in [4.69, 9.17) is 9.47 Å². The highest BCUT2D eigenvalue weighted by Crippen LogP contribution is 2.30. The number of carbonyl (C=O) groups is 2. The van der Waals surface area contributed by atoms with Crippen molar-refractivity contribution in [1.82, 2.24) is 4.31 Å². The summed E-state index contributed by atoms with van der Waals surface area (Å²) in [4.78, 5) is 24.2. The molecule has 1 heterocycles. The van der Waals surface area contributed by atoms with Crippen LogP contribution in [0.3, 0.4) is 0 Å². The van der Waals surface area contributed by atoms with Crippen LogP contribution in [0.1, 0.15) is 27.9 Å². The van der Waals surface area contributed by atoms with Crippen LogP contribution in [0.2, 0.25) is 0 Å². The number of nitrogens with one attached hydrogen (secondary N) is 1. The Balaban J connectivity index is 1.58. The van der Waals surface area contributed by atoms with Gasteiger partial charge in [-0.3, -0.25) is 4.79 Å². The second kappa shape index (κ2) is 9.66. The zero-order valence-electron chi connectivity index (χ0n) is 18.8. The lowest BCUT2D eigenvalue weighted by atomic mass is 10.0. The molecule has 0 aromatic heterocycles. The maximum absolute atomic E-state index is 13.3. The van der Waals surface area contributed by atoms with Crippen LogP contribution in [-0.4, -0.2) is 38.8 Å². The Morgan fingerprint density at radius 2 is 1.79 bits per heavy atom. The van der Waals surface area contributed by atoms with E-state index in [0.717, 1.165) is 11.1 Å². The van der Waals surface area contributed by atoms with E-state index in [1.54, 1.807) is 18.2 Å². The van der Waals surface area contributed by atoms with Gasteiger partial charge in [-0.1, -0.05) is 30.3 Å². The Morgan fingerprint density at radius 1 is 1.03 bits per heavy atom. The van der Waals surface area contributed by atoms with Gasteiger partial charge in [0.15, 0.2) is 0 Å². The maximum Gasteiger partial charge on any atom is 0.343 e. The summed E-state index contributed by atoms with van der Waals surface area (Å²) in [7, 11) is -1.12. The number of ether oxygens (including phenoxy) is 2. The van der Waals surface area contributed by atoms with Crippen molar-refractivity contribution in [3.63, 3.8) is 0 Å². The Labute approximate surface area is 198 Å². The number of hydrogen-bond acceptors (Lipinski definition) is 6. The number of anilines is 1. The number of aryl methyl sites for hydroxylation is 1. The van der Waals surface area contributed by atoms with Gasteiger partial charge in [-0.15, -0.1) is 0 Å². The Hall–Kier alpha value is -3.69. The summed E-state index contributed by atoms with van der Waals surface area (Å²) in [6.07, 6.45) is 0.909. The molecule has 0 aliphatic carbocycles. The third-order valence-corrected chi connectivity index (χ3v) is 7.34. The first-order valence-electron chi connectivity index (χ1n) is 10.6. The molecule has 0 radical (unpaired) electrons. The van der Waals surface area contributed by atoms with Crippen molar-refractivity contribution in [3.05, 3.63) is 83.4 Å². The topological polar surface area (TPSA) is 102 Å². The molecule has 0 atom stereocenters. The van der Waals surface area contributed by atoms with Crippen LogP contribution in [-0.2, 0) is 27.8 Å². The molecule has 0 saturated carbocycles. The molecule has 8 nitrogen and oxygen atoms in total. The van der Waals surface area contributed by atoms with Gasteiger partial charge in [0.25, 0.3) is 0 Å². The van der Waals surface area contributed by atoms with Gasteiger partial charge in [-0.2, -0.15) is 4.31 Å². The number of benzene rings is 3. The summed E-state index contributed by atoms with van der Waals surface area (Å²) >= 11 is 0. The average molecular weight is 481 g/mol. The summed E-state index contributed by atoms with van der Waals surface area (Å²) in [6, 6.07) is 18.3. The van der Waals surface area contributed by atoms with E-state index < -0.39 is 16.0 Å². The van der Waals surface area contributed by atoms with Gasteiger partial charge in [0.1, 0.15) is 16.4 Å². The Kier molecular flexibility index (Phi) is 6.67. The van der Waals surface area contributed by atoms with Crippen molar-refractivity contribution in [2.45, 2.75) is 24.3 Å². The van der Waals surface area contributed by atoms with E-state index in [1.807, 2.05) is 30.3 Å². The maximum atomic E-state index is 13.3. The van der Waals surface area contributed by atoms with E-state index in [-0.39, 0.29) is 28.7 Å². The molecule has 0 bridgehead atoms. The molecule has 0 fully saturated rings. The van der Waals surface area contributed by atoms with Gasteiger partial charge in [0.2, 0.25) is 15.9 Å². The zero-order chi connectivity index (χ0) is 24.3. The van der Waals surface area contributed by atoms with Crippen LogP contribution in [0.5, 0.6) is 11.5 Å². The quantitative estimate of drug-likeness (QED) is 0.409. The first kappa shape index (κ1) is 23.5. The molecule has 4 rings (SSSR count). The van der Waals surface area contributed by atoms with Crippen LogP contribution in [0.25, 0.3) is 0 Å². The molecule has 3 aromatic carbocycles. The molecule has 1 aliphatic rings. The van der Waals surface area contributed by atoms with Crippen molar-refractivity contribution in [1.29, 1.82) is 0 Å². The molecule has 0 spiro atoms. The number of sulfonamides is 1. The normalized spacial score (nSPS) is 13.2. The lowest BCUT2D eigenvalue weighted by Crippen LogP contribution is -2.27. The largest absolute Gasteiger partial charge is 0.495 e. The number of carbonyl (C=O) groups excluding carboxylic acids is 2. The van der Waals surface area contributed by atoms with Crippen LogP contribution in [0.15, 0.2) is 71.6 Å². The van der Waals surface area contributed by atoms with Gasteiger partial charge in [-0.05, 0) is 53.9 Å². The molecule has 0 unspecified atom stereocenters. The average Bonchev–Trinajstić information content (AvgIpc) is 2.84. The first-order chi connectivity index (χ1) is 16.3. The molecule has 34 heavy (non-hydrogen) atoms.